The molecule has 3 rings (SSSR count). The van der Waals surface area contributed by atoms with Crippen LogP contribution in [0.15, 0.2) is 83.8 Å². The zero-order chi connectivity index (χ0) is 20.9. The number of ether oxygens (including phenoxy) is 1. The number of carboxylic acids is 1. The van der Waals surface area contributed by atoms with E-state index in [2.05, 4.69) is 0 Å². The van der Waals surface area contributed by atoms with Gasteiger partial charge < -0.3 is 9.84 Å². The number of carboxylic acid groups (broad SMARTS) is 1. The van der Waals surface area contributed by atoms with Crippen molar-refractivity contribution in [3.05, 3.63) is 89.4 Å². The third kappa shape index (κ3) is 5.28. The van der Waals surface area contributed by atoms with Gasteiger partial charge in [0.05, 0.1) is 10.6 Å². The van der Waals surface area contributed by atoms with Crippen LogP contribution in [0.5, 0.6) is 5.75 Å². The third-order valence-corrected chi connectivity index (χ3v) is 6.09. The van der Waals surface area contributed by atoms with Crippen LogP contribution in [0.25, 0.3) is 0 Å². The standard InChI is InChI=1S/C21H18ClNO5S/c22-17-6-12-20(13-7-17)29(26,27)23(14-21(24)25)18-8-10-19(11-9-18)28-15-16-4-2-1-3-5-16/h1-13H,14-15H2,(H,24,25). The van der Waals surface area contributed by atoms with Crippen molar-refractivity contribution in [2.24, 2.45) is 0 Å². The van der Waals surface area contributed by atoms with Crippen LogP contribution in [0.1, 0.15) is 5.56 Å². The van der Waals surface area contributed by atoms with E-state index in [9.17, 15) is 18.3 Å². The van der Waals surface area contributed by atoms with E-state index in [0.717, 1.165) is 9.87 Å². The van der Waals surface area contributed by atoms with Gasteiger partial charge in [-0.05, 0) is 54.1 Å². The maximum atomic E-state index is 13.0. The highest BCUT2D eigenvalue weighted by Gasteiger charge is 2.27. The van der Waals surface area contributed by atoms with Gasteiger partial charge in [-0.1, -0.05) is 41.9 Å². The van der Waals surface area contributed by atoms with E-state index in [4.69, 9.17) is 16.3 Å². The van der Waals surface area contributed by atoms with Crippen LogP contribution >= 0.6 is 11.6 Å². The van der Waals surface area contributed by atoms with E-state index >= 15 is 0 Å². The van der Waals surface area contributed by atoms with Gasteiger partial charge in [-0.25, -0.2) is 8.42 Å². The first-order valence-electron chi connectivity index (χ1n) is 8.63. The number of anilines is 1. The van der Waals surface area contributed by atoms with Crippen molar-refractivity contribution in [3.63, 3.8) is 0 Å². The SMILES string of the molecule is O=C(O)CN(c1ccc(OCc2ccccc2)cc1)S(=O)(=O)c1ccc(Cl)cc1. The lowest BCUT2D eigenvalue weighted by Gasteiger charge is -2.23. The van der Waals surface area contributed by atoms with Gasteiger partial charge in [0.2, 0.25) is 0 Å². The molecule has 0 saturated heterocycles. The lowest BCUT2D eigenvalue weighted by molar-refractivity contribution is -0.135. The van der Waals surface area contributed by atoms with E-state index < -0.39 is 22.5 Å². The van der Waals surface area contributed by atoms with E-state index in [-0.39, 0.29) is 10.6 Å². The predicted molar refractivity (Wildman–Crippen MR) is 111 cm³/mol. The monoisotopic (exact) mass is 431 g/mol. The molecule has 0 aliphatic carbocycles. The third-order valence-electron chi connectivity index (χ3n) is 4.05. The van der Waals surface area contributed by atoms with Crippen molar-refractivity contribution in [1.29, 1.82) is 0 Å². The van der Waals surface area contributed by atoms with Gasteiger partial charge in [0.15, 0.2) is 0 Å². The zero-order valence-corrected chi connectivity index (χ0v) is 16.8. The fourth-order valence-electron chi connectivity index (χ4n) is 2.62. The highest BCUT2D eigenvalue weighted by molar-refractivity contribution is 7.92. The van der Waals surface area contributed by atoms with Crippen molar-refractivity contribution in [2.75, 3.05) is 10.8 Å². The minimum Gasteiger partial charge on any atom is -0.489 e. The maximum absolute atomic E-state index is 13.0. The number of hydrogen-bond donors (Lipinski definition) is 1. The second-order valence-electron chi connectivity index (χ2n) is 6.13. The molecule has 3 aromatic carbocycles. The summed E-state index contributed by atoms with van der Waals surface area (Å²) in [7, 11) is -4.08. The lowest BCUT2D eigenvalue weighted by atomic mass is 10.2. The number of carbonyl (C=O) groups is 1. The molecule has 0 fully saturated rings. The van der Waals surface area contributed by atoms with E-state index in [1.54, 1.807) is 12.1 Å². The van der Waals surface area contributed by atoms with Gasteiger partial charge in [-0.15, -0.1) is 0 Å². The Morgan fingerprint density at radius 1 is 0.931 bits per heavy atom. The number of benzene rings is 3. The summed E-state index contributed by atoms with van der Waals surface area (Å²) in [5, 5.41) is 9.60. The van der Waals surface area contributed by atoms with Gasteiger partial charge in [0, 0.05) is 5.02 Å². The van der Waals surface area contributed by atoms with Crippen molar-refractivity contribution < 1.29 is 23.1 Å². The van der Waals surface area contributed by atoms with Crippen LogP contribution in [-0.2, 0) is 21.4 Å². The molecule has 3 aromatic rings. The van der Waals surface area contributed by atoms with Gasteiger partial charge in [-0.2, -0.15) is 0 Å². The van der Waals surface area contributed by atoms with Crippen molar-refractivity contribution in [1.82, 2.24) is 0 Å². The molecule has 0 radical (unpaired) electrons. The molecule has 0 unspecified atom stereocenters. The largest absolute Gasteiger partial charge is 0.489 e. The second kappa shape index (κ2) is 8.98. The molecule has 0 atom stereocenters. The molecular weight excluding hydrogens is 414 g/mol. The number of sulfonamides is 1. The Morgan fingerprint density at radius 2 is 1.55 bits per heavy atom. The molecule has 1 N–H and O–H groups in total. The molecule has 0 aliphatic heterocycles. The first kappa shape index (κ1) is 20.7. The average molecular weight is 432 g/mol. The number of nitrogens with zero attached hydrogens (tertiary/aromatic N) is 1. The lowest BCUT2D eigenvalue weighted by Crippen LogP contribution is -2.35. The topological polar surface area (TPSA) is 83.9 Å². The molecule has 0 aliphatic rings. The molecule has 0 saturated carbocycles. The second-order valence-corrected chi connectivity index (χ2v) is 8.43. The van der Waals surface area contributed by atoms with Crippen LogP contribution in [0.4, 0.5) is 5.69 Å². The fraction of sp³-hybridized carbons (Fsp3) is 0.0952. The molecule has 6 nitrogen and oxygen atoms in total. The molecule has 0 aromatic heterocycles. The molecule has 0 heterocycles. The minimum absolute atomic E-state index is 0.0486. The van der Waals surface area contributed by atoms with Gasteiger partial charge in [-0.3, -0.25) is 9.10 Å². The minimum atomic E-state index is -4.08. The number of halogens is 1. The van der Waals surface area contributed by atoms with E-state index in [1.165, 1.54) is 36.4 Å². The Labute approximate surface area is 174 Å². The Hall–Kier alpha value is -3.03. The quantitative estimate of drug-likeness (QED) is 0.577. The summed E-state index contributed by atoms with van der Waals surface area (Å²) in [5.74, 6) is -0.733. The van der Waals surface area contributed by atoms with Crippen LogP contribution < -0.4 is 9.04 Å². The predicted octanol–water partition coefficient (Wildman–Crippen LogP) is 4.20. The molecule has 150 valence electrons. The first-order valence-corrected chi connectivity index (χ1v) is 10.4. The molecule has 0 bridgehead atoms. The van der Waals surface area contributed by atoms with Gasteiger partial charge >= 0.3 is 5.97 Å². The Kier molecular flexibility index (Phi) is 6.41. The summed E-state index contributed by atoms with van der Waals surface area (Å²) in [5.41, 5.74) is 1.21. The molecule has 0 amide bonds. The summed E-state index contributed by atoms with van der Waals surface area (Å²) in [6.07, 6.45) is 0. The summed E-state index contributed by atoms with van der Waals surface area (Å²) < 4.78 is 32.5. The molecule has 8 heteroatoms. The Bertz CT molecular complexity index is 1070. The van der Waals surface area contributed by atoms with E-state index in [1.807, 2.05) is 30.3 Å². The number of hydrogen-bond acceptors (Lipinski definition) is 4. The summed E-state index contributed by atoms with van der Waals surface area (Å²) in [6, 6.07) is 21.4. The van der Waals surface area contributed by atoms with Crippen LogP contribution in [0, 0.1) is 0 Å². The van der Waals surface area contributed by atoms with E-state index in [0.29, 0.717) is 17.4 Å². The normalized spacial score (nSPS) is 11.1. The Balaban J connectivity index is 1.83. The molecule has 29 heavy (non-hydrogen) atoms. The highest BCUT2D eigenvalue weighted by atomic mass is 35.5. The number of rotatable bonds is 8. The smallest absolute Gasteiger partial charge is 0.324 e. The summed E-state index contributed by atoms with van der Waals surface area (Å²) >= 11 is 5.82. The average Bonchev–Trinajstić information content (AvgIpc) is 2.72. The van der Waals surface area contributed by atoms with Crippen LogP contribution in [0.3, 0.4) is 0 Å². The van der Waals surface area contributed by atoms with Crippen molar-refractivity contribution >= 4 is 33.3 Å². The van der Waals surface area contributed by atoms with Crippen molar-refractivity contribution in [2.45, 2.75) is 11.5 Å². The van der Waals surface area contributed by atoms with Gasteiger partial charge in [0.1, 0.15) is 18.9 Å². The van der Waals surface area contributed by atoms with Crippen LogP contribution in [-0.4, -0.2) is 26.0 Å². The highest BCUT2D eigenvalue weighted by Crippen LogP contribution is 2.26. The Morgan fingerprint density at radius 3 is 2.14 bits per heavy atom. The molecular formula is C21H18ClNO5S. The summed E-state index contributed by atoms with van der Waals surface area (Å²) in [6.45, 7) is -0.350. The van der Waals surface area contributed by atoms with Crippen LogP contribution in [0.2, 0.25) is 5.02 Å². The van der Waals surface area contributed by atoms with Gasteiger partial charge in [0.25, 0.3) is 10.0 Å². The first-order chi connectivity index (χ1) is 13.9. The summed E-state index contributed by atoms with van der Waals surface area (Å²) in [4.78, 5) is 11.2. The number of aliphatic carboxylic acids is 1. The maximum Gasteiger partial charge on any atom is 0.324 e. The fourth-order valence-corrected chi connectivity index (χ4v) is 4.16. The zero-order valence-electron chi connectivity index (χ0n) is 15.2. The molecule has 0 spiro atoms. The van der Waals surface area contributed by atoms with Crippen molar-refractivity contribution in [3.8, 4) is 5.75 Å².